The van der Waals surface area contributed by atoms with Gasteiger partial charge in [0, 0.05) is 18.1 Å². The number of benzene rings is 1. The Bertz CT molecular complexity index is 780. The van der Waals surface area contributed by atoms with Gasteiger partial charge in [0.05, 0.1) is 4.92 Å². The van der Waals surface area contributed by atoms with E-state index in [0.717, 1.165) is 34.8 Å². The third-order valence-corrected chi connectivity index (χ3v) is 7.09. The number of thioether (sulfide) groups is 1. The maximum absolute atomic E-state index is 11.5. The van der Waals surface area contributed by atoms with Crippen LogP contribution in [-0.2, 0) is 15.6 Å². The molecule has 2 rings (SSSR count). The lowest BCUT2D eigenvalue weighted by Crippen LogP contribution is -1.92. The van der Waals surface area contributed by atoms with E-state index in [1.165, 1.54) is 11.8 Å². The highest BCUT2D eigenvalue weighted by Crippen LogP contribution is 2.41. The quantitative estimate of drug-likeness (QED) is 0.470. The minimum atomic E-state index is -3.43. The fourth-order valence-electron chi connectivity index (χ4n) is 1.67. The standard InChI is InChI=1S/C13H13NO4S3/c1-9-5-3-4-6-10(9)8-19-13-11(14(15)16)7-12(20-13)21(2,17)18/h3-7H,8H2,1-2H3. The average Bonchev–Trinajstić information content (AvgIpc) is 2.82. The summed E-state index contributed by atoms with van der Waals surface area (Å²) in [6, 6.07) is 8.91. The Morgan fingerprint density at radius 3 is 2.57 bits per heavy atom. The SMILES string of the molecule is Cc1ccccc1CSc1sc(S(C)(=O)=O)cc1[N+](=O)[O-]. The van der Waals surface area contributed by atoms with E-state index in [2.05, 4.69) is 0 Å². The van der Waals surface area contributed by atoms with Crippen molar-refractivity contribution in [3.8, 4) is 0 Å². The minimum Gasteiger partial charge on any atom is -0.258 e. The first kappa shape index (κ1) is 16.0. The van der Waals surface area contributed by atoms with Gasteiger partial charge in [-0.2, -0.15) is 0 Å². The van der Waals surface area contributed by atoms with Crippen LogP contribution >= 0.6 is 23.1 Å². The number of aryl methyl sites for hydroxylation is 1. The van der Waals surface area contributed by atoms with Gasteiger partial charge in [-0.25, -0.2) is 8.42 Å². The molecule has 5 nitrogen and oxygen atoms in total. The zero-order chi connectivity index (χ0) is 15.6. The number of hydrogen-bond acceptors (Lipinski definition) is 6. The molecule has 8 heteroatoms. The van der Waals surface area contributed by atoms with Gasteiger partial charge in [0.1, 0.15) is 8.42 Å². The summed E-state index contributed by atoms with van der Waals surface area (Å²) in [6.07, 6.45) is 1.05. The molecular weight excluding hydrogens is 330 g/mol. The lowest BCUT2D eigenvalue weighted by Gasteiger charge is -2.03. The molecule has 112 valence electrons. The van der Waals surface area contributed by atoms with E-state index in [4.69, 9.17) is 0 Å². The zero-order valence-electron chi connectivity index (χ0n) is 11.4. The predicted molar refractivity (Wildman–Crippen MR) is 84.8 cm³/mol. The van der Waals surface area contributed by atoms with Gasteiger partial charge in [0.2, 0.25) is 0 Å². The van der Waals surface area contributed by atoms with E-state index in [1.54, 1.807) is 0 Å². The molecule has 0 aliphatic heterocycles. The maximum atomic E-state index is 11.5. The van der Waals surface area contributed by atoms with Crippen LogP contribution in [0.2, 0.25) is 0 Å². The van der Waals surface area contributed by atoms with Crippen molar-refractivity contribution >= 4 is 38.6 Å². The van der Waals surface area contributed by atoms with Crippen LogP contribution in [0.1, 0.15) is 11.1 Å². The topological polar surface area (TPSA) is 77.3 Å². The van der Waals surface area contributed by atoms with Crippen molar-refractivity contribution in [2.75, 3.05) is 6.26 Å². The van der Waals surface area contributed by atoms with Crippen LogP contribution in [0.5, 0.6) is 0 Å². The Morgan fingerprint density at radius 1 is 1.33 bits per heavy atom. The van der Waals surface area contributed by atoms with Crippen LogP contribution in [0.3, 0.4) is 0 Å². The van der Waals surface area contributed by atoms with Crippen LogP contribution in [0.15, 0.2) is 38.8 Å². The summed E-state index contributed by atoms with van der Waals surface area (Å²) >= 11 is 2.25. The van der Waals surface area contributed by atoms with Gasteiger partial charge in [-0.1, -0.05) is 24.3 Å². The molecule has 0 fully saturated rings. The van der Waals surface area contributed by atoms with Crippen LogP contribution in [0, 0.1) is 17.0 Å². The number of rotatable bonds is 5. The van der Waals surface area contributed by atoms with Crippen molar-refractivity contribution in [1.82, 2.24) is 0 Å². The molecule has 0 N–H and O–H groups in total. The molecule has 1 heterocycles. The first-order chi connectivity index (χ1) is 9.79. The van der Waals surface area contributed by atoms with Gasteiger partial charge < -0.3 is 0 Å². The first-order valence-corrected chi connectivity index (χ1v) is 9.64. The first-order valence-electron chi connectivity index (χ1n) is 5.94. The van der Waals surface area contributed by atoms with Gasteiger partial charge >= 0.3 is 0 Å². The monoisotopic (exact) mass is 343 g/mol. The molecule has 1 aromatic carbocycles. The van der Waals surface area contributed by atoms with E-state index < -0.39 is 14.8 Å². The molecule has 0 spiro atoms. The number of nitrogens with zero attached hydrogens (tertiary/aromatic N) is 1. The van der Waals surface area contributed by atoms with Crippen LogP contribution in [0.4, 0.5) is 5.69 Å². The molecule has 0 atom stereocenters. The number of sulfone groups is 1. The Morgan fingerprint density at radius 2 is 2.00 bits per heavy atom. The molecule has 0 aliphatic carbocycles. The average molecular weight is 343 g/mol. The summed E-state index contributed by atoms with van der Waals surface area (Å²) < 4.78 is 23.5. The van der Waals surface area contributed by atoms with E-state index in [9.17, 15) is 18.5 Å². The molecule has 0 amide bonds. The highest BCUT2D eigenvalue weighted by atomic mass is 32.2. The van der Waals surface area contributed by atoms with Gasteiger partial charge in [-0.05, 0) is 18.1 Å². The van der Waals surface area contributed by atoms with E-state index >= 15 is 0 Å². The van der Waals surface area contributed by atoms with Gasteiger partial charge in [-0.3, -0.25) is 10.1 Å². The molecule has 1 aromatic heterocycles. The largest absolute Gasteiger partial charge is 0.295 e. The third kappa shape index (κ3) is 3.84. The van der Waals surface area contributed by atoms with E-state index in [0.29, 0.717) is 9.96 Å². The Kier molecular flexibility index (Phi) is 4.70. The predicted octanol–water partition coefficient (Wildman–Crippen LogP) is 3.66. The fraction of sp³-hybridized carbons (Fsp3) is 0.231. The van der Waals surface area contributed by atoms with Crippen molar-refractivity contribution in [1.29, 1.82) is 0 Å². The Labute approximate surface area is 131 Å². The molecule has 0 saturated carbocycles. The van der Waals surface area contributed by atoms with Crippen LogP contribution in [0.25, 0.3) is 0 Å². The normalized spacial score (nSPS) is 11.5. The summed E-state index contributed by atoms with van der Waals surface area (Å²) in [6.45, 7) is 1.97. The van der Waals surface area contributed by atoms with Crippen molar-refractivity contribution in [2.45, 2.75) is 21.1 Å². The van der Waals surface area contributed by atoms with Crippen molar-refractivity contribution < 1.29 is 13.3 Å². The molecular formula is C13H13NO4S3. The Balaban J connectivity index is 2.29. The summed E-state index contributed by atoms with van der Waals surface area (Å²) in [5.74, 6) is 0.567. The molecule has 0 saturated heterocycles. The van der Waals surface area contributed by atoms with Crippen molar-refractivity contribution in [2.24, 2.45) is 0 Å². The lowest BCUT2D eigenvalue weighted by molar-refractivity contribution is -0.387. The lowest BCUT2D eigenvalue weighted by atomic mass is 10.1. The van der Waals surface area contributed by atoms with Crippen molar-refractivity contribution in [3.63, 3.8) is 0 Å². The second-order valence-electron chi connectivity index (χ2n) is 4.48. The highest BCUT2D eigenvalue weighted by molar-refractivity contribution is 8.01. The second kappa shape index (κ2) is 6.17. The summed E-state index contributed by atoms with van der Waals surface area (Å²) in [5.41, 5.74) is 2.04. The smallest absolute Gasteiger partial charge is 0.258 e. The number of hydrogen-bond donors (Lipinski definition) is 0. The zero-order valence-corrected chi connectivity index (χ0v) is 13.8. The number of nitro groups is 1. The van der Waals surface area contributed by atoms with Crippen LogP contribution < -0.4 is 0 Å². The van der Waals surface area contributed by atoms with Crippen molar-refractivity contribution in [3.05, 3.63) is 51.6 Å². The van der Waals surface area contributed by atoms with E-state index in [1.807, 2.05) is 31.2 Å². The summed E-state index contributed by atoms with van der Waals surface area (Å²) in [5, 5.41) is 11.0. The highest BCUT2D eigenvalue weighted by Gasteiger charge is 2.24. The summed E-state index contributed by atoms with van der Waals surface area (Å²) in [7, 11) is -3.43. The second-order valence-corrected chi connectivity index (χ2v) is 9.02. The van der Waals surface area contributed by atoms with Crippen LogP contribution in [-0.4, -0.2) is 19.6 Å². The number of thiophene rings is 1. The molecule has 2 aromatic rings. The van der Waals surface area contributed by atoms with E-state index in [-0.39, 0.29) is 9.90 Å². The Hall–Kier alpha value is -1.38. The minimum absolute atomic E-state index is 0.0292. The third-order valence-electron chi connectivity index (χ3n) is 2.84. The molecule has 0 unspecified atom stereocenters. The fourth-order valence-corrected chi connectivity index (χ4v) is 5.18. The van der Waals surface area contributed by atoms with Gasteiger partial charge in [0.15, 0.2) is 9.84 Å². The summed E-state index contributed by atoms with van der Waals surface area (Å²) in [4.78, 5) is 10.5. The molecule has 0 radical (unpaired) electrons. The molecule has 0 aliphatic rings. The molecule has 21 heavy (non-hydrogen) atoms. The molecule has 0 bridgehead atoms. The van der Waals surface area contributed by atoms with Gasteiger partial charge in [0.25, 0.3) is 5.69 Å². The maximum Gasteiger partial charge on any atom is 0.295 e. The van der Waals surface area contributed by atoms with Gasteiger partial charge in [-0.15, -0.1) is 23.1 Å².